The van der Waals surface area contributed by atoms with E-state index in [1.807, 2.05) is 44.3 Å². The fourth-order valence-electron chi connectivity index (χ4n) is 1.51. The lowest BCUT2D eigenvalue weighted by atomic mass is 10.0. The number of anilines is 1. The summed E-state index contributed by atoms with van der Waals surface area (Å²) < 4.78 is 0.974. The number of halogens is 1. The number of nitrogens with zero attached hydrogens (tertiary/aromatic N) is 1. The second-order valence-corrected chi connectivity index (χ2v) is 4.38. The third kappa shape index (κ3) is 3.56. The zero-order valence-electron chi connectivity index (χ0n) is 10.4. The second kappa shape index (κ2) is 6.40. The Morgan fingerprint density at radius 1 is 1.12 bits per heavy atom. The number of pyridine rings is 1. The largest absolute Gasteiger partial charge is 0.399 e. The van der Waals surface area contributed by atoms with Crippen LogP contribution in [0.4, 0.5) is 5.69 Å². The highest BCUT2D eigenvalue weighted by molar-refractivity contribution is 9.10. The van der Waals surface area contributed by atoms with E-state index < -0.39 is 0 Å². The minimum Gasteiger partial charge on any atom is -0.399 e. The van der Waals surface area contributed by atoms with Gasteiger partial charge in [-0.1, -0.05) is 19.9 Å². The van der Waals surface area contributed by atoms with Gasteiger partial charge in [-0.2, -0.15) is 0 Å². The van der Waals surface area contributed by atoms with Gasteiger partial charge in [-0.15, -0.1) is 0 Å². The summed E-state index contributed by atoms with van der Waals surface area (Å²) in [5.74, 6) is 0. The van der Waals surface area contributed by atoms with E-state index in [-0.39, 0.29) is 0 Å². The molecule has 0 saturated carbocycles. The standard InChI is InChI=1S/C12H11BrN2.C2H6/c1-8-2-3-11(14)5-12(8)9-4-10(13)7-15-6-9;1-2/h2-7H,14H2,1H3;1-2H3. The van der Waals surface area contributed by atoms with Crippen LogP contribution in [0.2, 0.25) is 0 Å². The number of benzene rings is 1. The molecule has 3 heteroatoms. The highest BCUT2D eigenvalue weighted by atomic mass is 79.9. The lowest BCUT2D eigenvalue weighted by Gasteiger charge is -2.06. The summed E-state index contributed by atoms with van der Waals surface area (Å²) in [6, 6.07) is 7.93. The van der Waals surface area contributed by atoms with Crippen LogP contribution in [0.15, 0.2) is 41.1 Å². The lowest BCUT2D eigenvalue weighted by Crippen LogP contribution is -1.89. The van der Waals surface area contributed by atoms with E-state index in [0.29, 0.717) is 0 Å². The Bertz CT molecular complexity index is 495. The fraction of sp³-hybridized carbons (Fsp3) is 0.214. The van der Waals surface area contributed by atoms with Gasteiger partial charge in [0.05, 0.1) is 0 Å². The van der Waals surface area contributed by atoms with E-state index >= 15 is 0 Å². The maximum Gasteiger partial charge on any atom is 0.0410 e. The molecule has 0 radical (unpaired) electrons. The van der Waals surface area contributed by atoms with Crippen LogP contribution in [0, 0.1) is 6.92 Å². The van der Waals surface area contributed by atoms with Crippen molar-refractivity contribution in [3.8, 4) is 11.1 Å². The average Bonchev–Trinajstić information content (AvgIpc) is 2.35. The van der Waals surface area contributed by atoms with E-state index in [1.165, 1.54) is 5.56 Å². The first-order valence-corrected chi connectivity index (χ1v) is 6.43. The molecule has 0 aliphatic rings. The number of aromatic nitrogens is 1. The van der Waals surface area contributed by atoms with Crippen molar-refractivity contribution in [1.29, 1.82) is 0 Å². The molecular weight excluding hydrogens is 276 g/mol. The number of nitrogen functional groups attached to an aromatic ring is 1. The molecule has 0 aliphatic carbocycles. The Morgan fingerprint density at radius 2 is 1.82 bits per heavy atom. The molecule has 1 heterocycles. The van der Waals surface area contributed by atoms with E-state index in [0.717, 1.165) is 21.3 Å². The summed E-state index contributed by atoms with van der Waals surface area (Å²) in [5.41, 5.74) is 9.95. The molecule has 0 atom stereocenters. The predicted octanol–water partition coefficient (Wildman–Crippen LogP) is 4.43. The Labute approximate surface area is 111 Å². The highest BCUT2D eigenvalue weighted by Crippen LogP contribution is 2.26. The average molecular weight is 293 g/mol. The molecule has 2 rings (SSSR count). The van der Waals surface area contributed by atoms with E-state index in [9.17, 15) is 0 Å². The molecule has 0 aliphatic heterocycles. The number of hydrogen-bond acceptors (Lipinski definition) is 2. The van der Waals surface area contributed by atoms with Crippen LogP contribution in [0.5, 0.6) is 0 Å². The molecule has 90 valence electrons. The third-order valence-corrected chi connectivity index (χ3v) is 2.71. The van der Waals surface area contributed by atoms with Crippen molar-refractivity contribution < 1.29 is 0 Å². The monoisotopic (exact) mass is 292 g/mol. The van der Waals surface area contributed by atoms with Gasteiger partial charge >= 0.3 is 0 Å². The molecule has 2 N–H and O–H groups in total. The zero-order chi connectivity index (χ0) is 12.8. The van der Waals surface area contributed by atoms with Crippen LogP contribution in [0.25, 0.3) is 11.1 Å². The molecule has 2 aromatic rings. The Kier molecular flexibility index (Phi) is 5.16. The van der Waals surface area contributed by atoms with Crippen molar-refractivity contribution in [2.75, 3.05) is 5.73 Å². The summed E-state index contributed by atoms with van der Waals surface area (Å²) in [6.07, 6.45) is 3.61. The third-order valence-electron chi connectivity index (χ3n) is 2.28. The van der Waals surface area contributed by atoms with Gasteiger partial charge in [0, 0.05) is 28.1 Å². The first kappa shape index (κ1) is 13.7. The molecular formula is C14H17BrN2. The minimum atomic E-state index is 0.774. The maximum atomic E-state index is 5.77. The van der Waals surface area contributed by atoms with Crippen LogP contribution in [-0.2, 0) is 0 Å². The Hall–Kier alpha value is -1.35. The maximum absolute atomic E-state index is 5.77. The van der Waals surface area contributed by atoms with Gasteiger partial charge in [0.25, 0.3) is 0 Å². The number of hydrogen-bond donors (Lipinski definition) is 1. The highest BCUT2D eigenvalue weighted by Gasteiger charge is 2.03. The first-order chi connectivity index (χ1) is 8.16. The molecule has 0 fully saturated rings. The summed E-state index contributed by atoms with van der Waals surface area (Å²) in [6.45, 7) is 6.07. The van der Waals surface area contributed by atoms with Crippen LogP contribution in [0.1, 0.15) is 19.4 Å². The second-order valence-electron chi connectivity index (χ2n) is 3.47. The number of rotatable bonds is 1. The molecule has 1 aromatic heterocycles. The van der Waals surface area contributed by atoms with E-state index in [4.69, 9.17) is 5.73 Å². The van der Waals surface area contributed by atoms with E-state index in [1.54, 1.807) is 6.20 Å². The summed E-state index contributed by atoms with van der Waals surface area (Å²) in [4.78, 5) is 4.14. The van der Waals surface area contributed by atoms with Gasteiger partial charge < -0.3 is 5.73 Å². The van der Waals surface area contributed by atoms with Crippen molar-refractivity contribution in [3.05, 3.63) is 46.7 Å². The Balaban J connectivity index is 0.000000686. The minimum absolute atomic E-state index is 0.774. The summed E-state index contributed by atoms with van der Waals surface area (Å²) in [7, 11) is 0. The van der Waals surface area contributed by atoms with Gasteiger partial charge in [-0.3, -0.25) is 4.98 Å². The van der Waals surface area contributed by atoms with Gasteiger partial charge in [-0.05, 0) is 52.2 Å². The fourth-order valence-corrected chi connectivity index (χ4v) is 1.87. The van der Waals surface area contributed by atoms with Gasteiger partial charge in [-0.25, -0.2) is 0 Å². The van der Waals surface area contributed by atoms with E-state index in [2.05, 4.69) is 27.8 Å². The van der Waals surface area contributed by atoms with Crippen LogP contribution in [-0.4, -0.2) is 4.98 Å². The van der Waals surface area contributed by atoms with Gasteiger partial charge in [0.2, 0.25) is 0 Å². The molecule has 0 amide bonds. The molecule has 0 bridgehead atoms. The quantitative estimate of drug-likeness (QED) is 0.790. The lowest BCUT2D eigenvalue weighted by molar-refractivity contribution is 1.30. The molecule has 0 unspecified atom stereocenters. The summed E-state index contributed by atoms with van der Waals surface area (Å²) >= 11 is 3.41. The predicted molar refractivity (Wildman–Crippen MR) is 77.9 cm³/mol. The smallest absolute Gasteiger partial charge is 0.0410 e. The normalized spacial score (nSPS) is 9.41. The van der Waals surface area contributed by atoms with Crippen molar-refractivity contribution in [3.63, 3.8) is 0 Å². The van der Waals surface area contributed by atoms with Crippen molar-refractivity contribution >= 4 is 21.6 Å². The van der Waals surface area contributed by atoms with Gasteiger partial charge in [0.1, 0.15) is 0 Å². The SMILES string of the molecule is CC.Cc1ccc(N)cc1-c1cncc(Br)c1. The first-order valence-electron chi connectivity index (χ1n) is 5.64. The number of nitrogens with two attached hydrogens (primary N) is 1. The molecule has 0 saturated heterocycles. The zero-order valence-corrected chi connectivity index (χ0v) is 12.0. The topological polar surface area (TPSA) is 38.9 Å². The summed E-state index contributed by atoms with van der Waals surface area (Å²) in [5, 5.41) is 0. The van der Waals surface area contributed by atoms with Gasteiger partial charge in [0.15, 0.2) is 0 Å². The van der Waals surface area contributed by atoms with Crippen molar-refractivity contribution in [2.24, 2.45) is 0 Å². The van der Waals surface area contributed by atoms with Crippen LogP contribution < -0.4 is 5.73 Å². The van der Waals surface area contributed by atoms with Crippen molar-refractivity contribution in [2.45, 2.75) is 20.8 Å². The molecule has 0 spiro atoms. The Morgan fingerprint density at radius 3 is 2.47 bits per heavy atom. The molecule has 2 nitrogen and oxygen atoms in total. The van der Waals surface area contributed by atoms with Crippen LogP contribution >= 0.6 is 15.9 Å². The van der Waals surface area contributed by atoms with Crippen LogP contribution in [0.3, 0.4) is 0 Å². The number of aryl methyl sites for hydroxylation is 1. The van der Waals surface area contributed by atoms with Crippen molar-refractivity contribution in [1.82, 2.24) is 4.98 Å². The molecule has 1 aromatic carbocycles. The molecule has 17 heavy (non-hydrogen) atoms.